The molecule has 79 heavy (non-hydrogen) atoms. The van der Waals surface area contributed by atoms with Gasteiger partial charge in [0.15, 0.2) is 0 Å². The van der Waals surface area contributed by atoms with Crippen LogP contribution in [0.1, 0.15) is 170 Å². The van der Waals surface area contributed by atoms with Crippen LogP contribution in [0.2, 0.25) is 0 Å². The summed E-state index contributed by atoms with van der Waals surface area (Å²) in [5.41, 5.74) is 4.99. The third-order valence-corrected chi connectivity index (χ3v) is 15.3. The molecule has 0 spiro atoms. The number of hydrogen-bond acceptors (Lipinski definition) is 11. The zero-order valence-electron chi connectivity index (χ0n) is 47.5. The maximum Gasteiger partial charge on any atom is 0.133 e. The predicted octanol–water partition coefficient (Wildman–Crippen LogP) is 12.6. The van der Waals surface area contributed by atoms with Crippen LogP contribution in [0.4, 0.5) is 0 Å². The van der Waals surface area contributed by atoms with Crippen molar-refractivity contribution in [3.05, 3.63) is 144 Å². The van der Waals surface area contributed by atoms with Crippen molar-refractivity contribution in [1.82, 2.24) is 0 Å². The maximum absolute atomic E-state index is 11.5. The smallest absolute Gasteiger partial charge is 0.133 e. The number of carbonyl (C=O) groups excluding carboxylic acids is 6. The van der Waals surface area contributed by atoms with Crippen molar-refractivity contribution in [3.8, 4) is 0 Å². The lowest BCUT2D eigenvalue weighted by molar-refractivity contribution is -0.122. The normalized spacial score (nSPS) is 21.0. The summed E-state index contributed by atoms with van der Waals surface area (Å²) in [5.74, 6) is 4.59. The Morgan fingerprint density at radius 2 is 0.848 bits per heavy atom. The Hall–Kier alpha value is -5.30. The van der Waals surface area contributed by atoms with Gasteiger partial charge in [0, 0.05) is 96.9 Å². The van der Waals surface area contributed by atoms with Gasteiger partial charge in [-0.1, -0.05) is 135 Å². The SMILES string of the molecule is CC(CO)CC(=O)CCc1ccccc1.O=C1CCC(CCO)C1.O=C1CCC(CO)C1.O=C1CCC(COCc2ccccc2)C1.O=C1CCCC(COCc2ccccc2)C1.O=C1CCCCC(CCc2ccccc2)C1. The van der Waals surface area contributed by atoms with E-state index in [1.54, 1.807) is 0 Å². The molecule has 3 N–H and O–H groups in total. The van der Waals surface area contributed by atoms with Gasteiger partial charge in [-0.3, -0.25) is 28.8 Å². The fourth-order valence-electron chi connectivity index (χ4n) is 10.5. The highest BCUT2D eigenvalue weighted by molar-refractivity contribution is 5.82. The van der Waals surface area contributed by atoms with Gasteiger partial charge in [-0.05, 0) is 128 Å². The first kappa shape index (κ1) is 66.2. The Balaban J connectivity index is 0.000000208. The number of aliphatic hydroxyl groups excluding tert-OH is 3. The second kappa shape index (κ2) is 40.8. The van der Waals surface area contributed by atoms with Crippen molar-refractivity contribution in [2.45, 2.75) is 174 Å². The van der Waals surface area contributed by atoms with Gasteiger partial charge in [0.2, 0.25) is 0 Å². The number of ether oxygens (including phenoxy) is 2. The molecule has 4 aromatic rings. The van der Waals surface area contributed by atoms with Gasteiger partial charge < -0.3 is 24.8 Å². The monoisotopic (exact) mass is 1090 g/mol. The van der Waals surface area contributed by atoms with Crippen LogP contribution in [-0.4, -0.2) is 83.1 Å². The molecule has 5 aliphatic rings. The lowest BCUT2D eigenvalue weighted by Crippen LogP contribution is -2.19. The van der Waals surface area contributed by atoms with E-state index in [4.69, 9.17) is 24.8 Å². The Bertz CT molecular complexity index is 2290. The summed E-state index contributed by atoms with van der Waals surface area (Å²) in [7, 11) is 0. The molecule has 5 saturated carbocycles. The Kier molecular flexibility index (Phi) is 34.2. The van der Waals surface area contributed by atoms with Crippen molar-refractivity contribution in [2.24, 2.45) is 35.5 Å². The lowest BCUT2D eigenvalue weighted by atomic mass is 9.89. The third kappa shape index (κ3) is 31.3. The van der Waals surface area contributed by atoms with E-state index in [1.165, 1.54) is 41.5 Å². The van der Waals surface area contributed by atoms with Gasteiger partial charge in [-0.15, -0.1) is 0 Å². The molecule has 5 fully saturated rings. The standard InChI is InChI=1S/C15H20O.C14H18O2.C13H16O2.C13H18O2.C7H12O2.C6H10O2/c16-15-9-5-4-8-14(12-15)11-10-13-6-2-1-3-7-13;15-14-8-4-7-13(9-14)11-16-10-12-5-2-1-3-6-12;14-13-7-6-12(8-13)10-15-9-11-4-2-1-3-5-11;1-11(10-14)9-13(15)8-7-12-5-3-2-4-6-12;8-4-3-6-1-2-7(9)5-6;7-4-5-1-2-6(8)3-5/h1-3,6-7,14H,4-5,8-12H2;1-3,5-6,13H,4,7-11H2;1-5,12H,6-10H2;2-6,11,14H,7-10H2,1H3;6,8H,1-5H2;5,7H,1-4H2. The van der Waals surface area contributed by atoms with Crippen LogP contribution in [0.15, 0.2) is 121 Å². The first-order valence-corrected chi connectivity index (χ1v) is 29.6. The number of benzene rings is 4. The van der Waals surface area contributed by atoms with E-state index in [9.17, 15) is 28.8 Å². The summed E-state index contributed by atoms with van der Waals surface area (Å²) in [6.45, 7) is 5.17. The molecule has 4 aromatic carbocycles. The third-order valence-electron chi connectivity index (χ3n) is 15.3. The van der Waals surface area contributed by atoms with Crippen LogP contribution in [0.5, 0.6) is 0 Å². The zero-order valence-corrected chi connectivity index (χ0v) is 47.5. The molecule has 6 unspecified atom stereocenters. The molecule has 0 amide bonds. The van der Waals surface area contributed by atoms with Gasteiger partial charge >= 0.3 is 0 Å². The van der Waals surface area contributed by atoms with Crippen LogP contribution in [0.25, 0.3) is 0 Å². The zero-order chi connectivity index (χ0) is 56.7. The van der Waals surface area contributed by atoms with Crippen LogP contribution < -0.4 is 0 Å². The van der Waals surface area contributed by atoms with Gasteiger partial charge in [-0.25, -0.2) is 0 Å². The van der Waals surface area contributed by atoms with Crippen LogP contribution in [0, 0.1) is 35.5 Å². The largest absolute Gasteiger partial charge is 0.396 e. The van der Waals surface area contributed by atoms with E-state index in [1.807, 2.05) is 73.7 Å². The topological polar surface area (TPSA) is 182 Å². The summed E-state index contributed by atoms with van der Waals surface area (Å²) in [6, 6.07) is 40.9. The Morgan fingerprint density at radius 3 is 1.28 bits per heavy atom. The molecule has 0 saturated heterocycles. The summed E-state index contributed by atoms with van der Waals surface area (Å²) >= 11 is 0. The molecular weight excluding hydrogens is 993 g/mol. The van der Waals surface area contributed by atoms with Crippen molar-refractivity contribution >= 4 is 34.7 Å². The van der Waals surface area contributed by atoms with Crippen molar-refractivity contribution in [2.75, 3.05) is 33.0 Å². The first-order valence-electron chi connectivity index (χ1n) is 29.6. The van der Waals surface area contributed by atoms with E-state index >= 15 is 0 Å². The average Bonchev–Trinajstić information content (AvgIpc) is 4.18. The van der Waals surface area contributed by atoms with E-state index in [-0.39, 0.29) is 37.4 Å². The van der Waals surface area contributed by atoms with E-state index in [0.29, 0.717) is 97.9 Å². The molecule has 0 heterocycles. The summed E-state index contributed by atoms with van der Waals surface area (Å²) in [4.78, 5) is 66.4. The number of hydrogen-bond donors (Lipinski definition) is 3. The van der Waals surface area contributed by atoms with Gasteiger partial charge in [0.25, 0.3) is 0 Å². The highest BCUT2D eigenvalue weighted by Crippen LogP contribution is 2.27. The minimum absolute atomic E-state index is 0.0910. The average molecular weight is 1090 g/mol. The molecule has 0 aromatic heterocycles. The molecule has 0 bridgehead atoms. The first-order chi connectivity index (χ1) is 38.4. The molecule has 11 nitrogen and oxygen atoms in total. The van der Waals surface area contributed by atoms with Gasteiger partial charge in [0.05, 0.1) is 26.4 Å². The van der Waals surface area contributed by atoms with Crippen LogP contribution in [0.3, 0.4) is 0 Å². The van der Waals surface area contributed by atoms with Crippen LogP contribution >= 0.6 is 0 Å². The quantitative estimate of drug-likeness (QED) is 0.0716. The summed E-state index contributed by atoms with van der Waals surface area (Å²) in [6.07, 6.45) is 21.0. The minimum Gasteiger partial charge on any atom is -0.396 e. The van der Waals surface area contributed by atoms with Crippen molar-refractivity contribution < 1.29 is 53.6 Å². The number of carbonyl (C=O) groups is 6. The minimum atomic E-state index is 0.0910. The number of Topliss-reactive ketones (excluding diaryl/α,β-unsaturated/α-hetero) is 6. The lowest BCUT2D eigenvalue weighted by Gasteiger charge is -2.20. The number of rotatable bonds is 20. The Labute approximate surface area is 472 Å². The Morgan fingerprint density at radius 1 is 0.456 bits per heavy atom. The highest BCUT2D eigenvalue weighted by atomic mass is 16.5. The van der Waals surface area contributed by atoms with Gasteiger partial charge in [0.1, 0.15) is 34.7 Å². The fraction of sp³-hybridized carbons (Fsp3) is 0.559. The summed E-state index contributed by atoms with van der Waals surface area (Å²) < 4.78 is 11.3. The fourth-order valence-corrected chi connectivity index (χ4v) is 10.5. The van der Waals surface area contributed by atoms with E-state index in [0.717, 1.165) is 116 Å². The molecule has 5 aliphatic carbocycles. The molecule has 0 aliphatic heterocycles. The second-order valence-electron chi connectivity index (χ2n) is 22.5. The predicted molar refractivity (Wildman–Crippen MR) is 312 cm³/mol. The molecule has 11 heteroatoms. The van der Waals surface area contributed by atoms with E-state index in [2.05, 4.69) is 54.6 Å². The highest BCUT2D eigenvalue weighted by Gasteiger charge is 2.24. The number of ketones is 6. The second-order valence-corrected chi connectivity index (χ2v) is 22.5. The summed E-state index contributed by atoms with van der Waals surface area (Å²) in [5, 5.41) is 25.8. The van der Waals surface area contributed by atoms with Crippen molar-refractivity contribution in [3.63, 3.8) is 0 Å². The molecule has 6 atom stereocenters. The molecule has 0 radical (unpaired) electrons. The van der Waals surface area contributed by atoms with Crippen molar-refractivity contribution in [1.29, 1.82) is 0 Å². The molecule has 432 valence electrons. The molecule has 9 rings (SSSR count). The van der Waals surface area contributed by atoms with E-state index < -0.39 is 0 Å². The number of aliphatic hydroxyl groups is 3. The molecular formula is C68H94O11. The van der Waals surface area contributed by atoms with Crippen LogP contribution in [-0.2, 0) is 64.3 Å². The number of aryl methyl sites for hydroxylation is 2. The maximum atomic E-state index is 11.5. The van der Waals surface area contributed by atoms with Gasteiger partial charge in [-0.2, -0.15) is 0 Å².